The average Bonchev–Trinajstić information content (AvgIpc) is 2.49. The Morgan fingerprint density at radius 3 is 2.50 bits per heavy atom. The van der Waals surface area contributed by atoms with E-state index in [2.05, 4.69) is 17.6 Å². The summed E-state index contributed by atoms with van der Waals surface area (Å²) in [4.78, 5) is 11.9. The molecule has 0 bridgehead atoms. The number of nitrogens with one attached hydrogen (secondary N) is 2. The Morgan fingerprint density at radius 1 is 1.14 bits per heavy atom. The minimum atomic E-state index is -0.278. The molecular weight excluding hydrogens is 279 g/mol. The summed E-state index contributed by atoms with van der Waals surface area (Å²) >= 11 is 0. The van der Waals surface area contributed by atoms with E-state index in [1.54, 1.807) is 13.0 Å². The highest BCUT2D eigenvalue weighted by atomic mass is 19.1. The fourth-order valence-corrected chi connectivity index (χ4v) is 2.25. The van der Waals surface area contributed by atoms with Gasteiger partial charge in [-0.1, -0.05) is 25.5 Å². The number of rotatable bonds is 6. The number of aryl methyl sites for hydroxylation is 2. The van der Waals surface area contributed by atoms with Gasteiger partial charge in [0.1, 0.15) is 5.82 Å². The van der Waals surface area contributed by atoms with Gasteiger partial charge in [-0.25, -0.2) is 4.39 Å². The highest BCUT2D eigenvalue weighted by Gasteiger charge is 2.04. The molecule has 0 aliphatic carbocycles. The lowest BCUT2D eigenvalue weighted by molar-refractivity contribution is -0.114. The molecule has 0 aliphatic heterocycles. The van der Waals surface area contributed by atoms with Crippen LogP contribution in [0.1, 0.15) is 24.5 Å². The molecule has 3 nitrogen and oxygen atoms in total. The van der Waals surface area contributed by atoms with E-state index >= 15 is 0 Å². The number of anilines is 2. The number of benzene rings is 2. The van der Waals surface area contributed by atoms with Gasteiger partial charge in [-0.05, 0) is 54.8 Å². The Morgan fingerprint density at radius 2 is 1.86 bits per heavy atom. The van der Waals surface area contributed by atoms with Gasteiger partial charge in [0.15, 0.2) is 0 Å². The highest BCUT2D eigenvalue weighted by Crippen LogP contribution is 2.15. The molecule has 0 fully saturated rings. The highest BCUT2D eigenvalue weighted by molar-refractivity contribution is 5.93. The maximum Gasteiger partial charge on any atom is 0.243 e. The zero-order valence-electron chi connectivity index (χ0n) is 12.9. The van der Waals surface area contributed by atoms with Crippen molar-refractivity contribution >= 4 is 17.3 Å². The lowest BCUT2D eigenvalue weighted by Crippen LogP contribution is -2.22. The van der Waals surface area contributed by atoms with Crippen molar-refractivity contribution in [1.82, 2.24) is 0 Å². The van der Waals surface area contributed by atoms with Gasteiger partial charge in [0.2, 0.25) is 5.91 Å². The van der Waals surface area contributed by atoms with E-state index < -0.39 is 0 Å². The van der Waals surface area contributed by atoms with E-state index in [4.69, 9.17) is 0 Å². The number of hydrogen-bond donors (Lipinski definition) is 2. The van der Waals surface area contributed by atoms with Gasteiger partial charge in [0.25, 0.3) is 0 Å². The van der Waals surface area contributed by atoms with Crippen molar-refractivity contribution in [3.8, 4) is 0 Å². The van der Waals surface area contributed by atoms with Gasteiger partial charge in [0, 0.05) is 11.4 Å². The van der Waals surface area contributed by atoms with E-state index in [1.165, 1.54) is 17.7 Å². The maximum atomic E-state index is 13.0. The molecule has 0 aliphatic rings. The molecule has 2 aromatic carbocycles. The predicted molar refractivity (Wildman–Crippen MR) is 88.7 cm³/mol. The first-order chi connectivity index (χ1) is 10.6. The molecular formula is C18H21FN2O. The molecule has 0 saturated heterocycles. The SMILES string of the molecule is CCCc1ccc(NC(=O)CNc2ccc(F)cc2C)cc1. The Hall–Kier alpha value is -2.36. The van der Waals surface area contributed by atoms with E-state index in [0.717, 1.165) is 29.8 Å². The van der Waals surface area contributed by atoms with E-state index in [-0.39, 0.29) is 18.3 Å². The number of carbonyl (C=O) groups excluding carboxylic acids is 1. The summed E-state index contributed by atoms with van der Waals surface area (Å²) in [6, 6.07) is 12.3. The van der Waals surface area contributed by atoms with Gasteiger partial charge in [-0.15, -0.1) is 0 Å². The second-order valence-corrected chi connectivity index (χ2v) is 5.31. The number of halogens is 1. The average molecular weight is 300 g/mol. The van der Waals surface area contributed by atoms with Gasteiger partial charge >= 0.3 is 0 Å². The van der Waals surface area contributed by atoms with Crippen molar-refractivity contribution in [1.29, 1.82) is 0 Å². The van der Waals surface area contributed by atoms with Crippen LogP contribution < -0.4 is 10.6 Å². The van der Waals surface area contributed by atoms with E-state index in [9.17, 15) is 9.18 Å². The summed E-state index contributed by atoms with van der Waals surface area (Å²) in [6.45, 7) is 4.08. The first-order valence-corrected chi connectivity index (χ1v) is 7.47. The quantitative estimate of drug-likeness (QED) is 0.842. The number of carbonyl (C=O) groups is 1. The summed E-state index contributed by atoms with van der Waals surface area (Å²) in [5, 5.41) is 5.85. The Bertz CT molecular complexity index is 638. The molecule has 0 heterocycles. The van der Waals surface area contributed by atoms with Crippen molar-refractivity contribution in [3.05, 3.63) is 59.4 Å². The molecule has 2 N–H and O–H groups in total. The van der Waals surface area contributed by atoms with Crippen LogP contribution >= 0.6 is 0 Å². The second-order valence-electron chi connectivity index (χ2n) is 5.31. The summed E-state index contributed by atoms with van der Waals surface area (Å²) in [5.74, 6) is -0.411. The summed E-state index contributed by atoms with van der Waals surface area (Å²) < 4.78 is 13.0. The molecule has 0 radical (unpaired) electrons. The third kappa shape index (κ3) is 4.58. The molecule has 0 atom stereocenters. The smallest absolute Gasteiger partial charge is 0.243 e. The normalized spacial score (nSPS) is 10.3. The molecule has 2 rings (SSSR count). The van der Waals surface area contributed by atoms with Gasteiger partial charge in [-0.3, -0.25) is 4.79 Å². The van der Waals surface area contributed by atoms with Crippen molar-refractivity contribution in [3.63, 3.8) is 0 Å². The van der Waals surface area contributed by atoms with Crippen LogP contribution in [0.2, 0.25) is 0 Å². The van der Waals surface area contributed by atoms with Crippen LogP contribution in [0.25, 0.3) is 0 Å². The molecule has 2 aromatic rings. The van der Waals surface area contributed by atoms with Crippen LogP contribution in [-0.2, 0) is 11.2 Å². The molecule has 0 aromatic heterocycles. The third-order valence-corrected chi connectivity index (χ3v) is 3.40. The molecule has 0 spiro atoms. The van der Waals surface area contributed by atoms with Crippen LogP contribution in [0.5, 0.6) is 0 Å². The lowest BCUT2D eigenvalue weighted by Gasteiger charge is -2.10. The minimum Gasteiger partial charge on any atom is -0.376 e. The van der Waals surface area contributed by atoms with Crippen LogP contribution in [0, 0.1) is 12.7 Å². The van der Waals surface area contributed by atoms with Crippen LogP contribution in [0.15, 0.2) is 42.5 Å². The van der Waals surface area contributed by atoms with Gasteiger partial charge in [-0.2, -0.15) is 0 Å². The molecule has 1 amide bonds. The molecule has 0 unspecified atom stereocenters. The zero-order valence-corrected chi connectivity index (χ0v) is 12.9. The summed E-state index contributed by atoms with van der Waals surface area (Å²) in [7, 11) is 0. The molecule has 0 saturated carbocycles. The lowest BCUT2D eigenvalue weighted by atomic mass is 10.1. The first kappa shape index (κ1) is 16.0. The monoisotopic (exact) mass is 300 g/mol. The Labute approximate surface area is 130 Å². The second kappa shape index (κ2) is 7.59. The first-order valence-electron chi connectivity index (χ1n) is 7.47. The fourth-order valence-electron chi connectivity index (χ4n) is 2.25. The van der Waals surface area contributed by atoms with Crippen LogP contribution in [-0.4, -0.2) is 12.5 Å². The van der Waals surface area contributed by atoms with Gasteiger partial charge in [0.05, 0.1) is 6.54 Å². The Balaban J connectivity index is 1.87. The van der Waals surface area contributed by atoms with Crippen LogP contribution in [0.4, 0.5) is 15.8 Å². The fraction of sp³-hybridized carbons (Fsp3) is 0.278. The molecule has 22 heavy (non-hydrogen) atoms. The van der Waals surface area contributed by atoms with Gasteiger partial charge < -0.3 is 10.6 Å². The number of hydrogen-bond acceptors (Lipinski definition) is 2. The standard InChI is InChI=1S/C18H21FN2O/c1-3-4-14-5-8-16(9-6-14)21-18(22)12-20-17-10-7-15(19)11-13(17)2/h5-11,20H,3-4,12H2,1-2H3,(H,21,22). The van der Waals surface area contributed by atoms with Crippen molar-refractivity contribution in [2.45, 2.75) is 26.7 Å². The minimum absolute atomic E-state index is 0.132. The van der Waals surface area contributed by atoms with E-state index in [1.807, 2.05) is 24.3 Å². The maximum absolute atomic E-state index is 13.0. The Kier molecular flexibility index (Phi) is 5.53. The van der Waals surface area contributed by atoms with E-state index in [0.29, 0.717) is 0 Å². The van der Waals surface area contributed by atoms with Crippen LogP contribution in [0.3, 0.4) is 0 Å². The van der Waals surface area contributed by atoms with Crippen molar-refractivity contribution < 1.29 is 9.18 Å². The predicted octanol–water partition coefficient (Wildman–Crippen LogP) is 4.14. The largest absolute Gasteiger partial charge is 0.376 e. The number of amides is 1. The summed E-state index contributed by atoms with van der Waals surface area (Å²) in [6.07, 6.45) is 2.15. The zero-order chi connectivity index (χ0) is 15.9. The molecule has 116 valence electrons. The summed E-state index contributed by atoms with van der Waals surface area (Å²) in [5.41, 5.74) is 3.58. The van der Waals surface area contributed by atoms with Crippen molar-refractivity contribution in [2.75, 3.05) is 17.2 Å². The molecule has 4 heteroatoms. The van der Waals surface area contributed by atoms with Crippen molar-refractivity contribution in [2.24, 2.45) is 0 Å². The third-order valence-electron chi connectivity index (χ3n) is 3.40. The topological polar surface area (TPSA) is 41.1 Å².